The van der Waals surface area contributed by atoms with Crippen LogP contribution in [0.3, 0.4) is 0 Å². The van der Waals surface area contributed by atoms with Gasteiger partial charge in [-0.2, -0.15) is 0 Å². The molecular weight excluding hydrogens is 204 g/mol. The third kappa shape index (κ3) is 4.16. The minimum Gasteiger partial charge on any atom is -0.388 e. The van der Waals surface area contributed by atoms with E-state index in [0.717, 1.165) is 11.3 Å². The molecule has 0 fully saturated rings. The topological polar surface area (TPSA) is 54.4 Å². The molecule has 0 aliphatic heterocycles. The average Bonchev–Trinajstić information content (AvgIpc) is 2.26. The Balaban J connectivity index is 2.47. The third-order valence-corrected chi connectivity index (χ3v) is 2.52. The Morgan fingerprint density at radius 3 is 2.94 bits per heavy atom. The van der Waals surface area contributed by atoms with Gasteiger partial charge in [-0.3, -0.25) is 4.98 Å². The summed E-state index contributed by atoms with van der Waals surface area (Å²) >= 11 is 0. The number of methoxy groups -OCH3 is 1. The van der Waals surface area contributed by atoms with Crippen LogP contribution in [0.15, 0.2) is 18.5 Å². The van der Waals surface area contributed by atoms with Crippen LogP contribution in [0.1, 0.15) is 18.9 Å². The largest absolute Gasteiger partial charge is 0.388 e. The van der Waals surface area contributed by atoms with Gasteiger partial charge in [0.15, 0.2) is 0 Å². The third-order valence-electron chi connectivity index (χ3n) is 2.52. The van der Waals surface area contributed by atoms with E-state index in [0.29, 0.717) is 19.6 Å². The molecule has 0 spiro atoms. The second-order valence-electron chi connectivity index (χ2n) is 4.28. The van der Waals surface area contributed by atoms with E-state index in [1.54, 1.807) is 26.4 Å². The van der Waals surface area contributed by atoms with Crippen molar-refractivity contribution in [3.05, 3.63) is 24.0 Å². The molecule has 0 radical (unpaired) electrons. The Morgan fingerprint density at radius 2 is 2.31 bits per heavy atom. The predicted octanol–water partition coefficient (Wildman–Crippen LogP) is 1.59. The van der Waals surface area contributed by atoms with Crippen molar-refractivity contribution in [3.63, 3.8) is 0 Å². The first-order chi connectivity index (χ1) is 7.55. The zero-order chi connectivity index (χ0) is 12.0. The highest BCUT2D eigenvalue weighted by Crippen LogP contribution is 2.15. The molecular formula is C12H20N2O2. The second-order valence-corrected chi connectivity index (χ2v) is 4.28. The first-order valence-electron chi connectivity index (χ1n) is 5.41. The van der Waals surface area contributed by atoms with Crippen molar-refractivity contribution in [3.8, 4) is 0 Å². The summed E-state index contributed by atoms with van der Waals surface area (Å²) in [5.74, 6) is 0. The lowest BCUT2D eigenvalue weighted by Crippen LogP contribution is -2.34. The standard InChI is InChI=1S/C12H20N2O2/c1-10-8-13-6-4-11(10)14-9-12(2,15)5-7-16-3/h4,6,8,15H,5,7,9H2,1-3H3,(H,13,14). The van der Waals surface area contributed by atoms with Crippen LogP contribution in [0.4, 0.5) is 5.69 Å². The number of rotatable bonds is 6. The number of nitrogens with one attached hydrogen (secondary N) is 1. The summed E-state index contributed by atoms with van der Waals surface area (Å²) in [5.41, 5.74) is 1.32. The minimum absolute atomic E-state index is 0.501. The number of ether oxygens (including phenoxy) is 1. The smallest absolute Gasteiger partial charge is 0.0813 e. The van der Waals surface area contributed by atoms with Crippen molar-refractivity contribution in [1.29, 1.82) is 0 Å². The molecule has 0 amide bonds. The maximum atomic E-state index is 10.0. The van der Waals surface area contributed by atoms with E-state index in [1.807, 2.05) is 13.0 Å². The van der Waals surface area contributed by atoms with E-state index >= 15 is 0 Å². The molecule has 0 aliphatic carbocycles. The molecule has 1 unspecified atom stereocenters. The molecule has 0 aromatic carbocycles. The van der Waals surface area contributed by atoms with E-state index in [-0.39, 0.29) is 0 Å². The highest BCUT2D eigenvalue weighted by atomic mass is 16.5. The van der Waals surface area contributed by atoms with Crippen LogP contribution in [0.5, 0.6) is 0 Å². The van der Waals surface area contributed by atoms with Gasteiger partial charge in [0.05, 0.1) is 5.60 Å². The molecule has 1 rings (SSSR count). The molecule has 2 N–H and O–H groups in total. The van der Waals surface area contributed by atoms with E-state index in [4.69, 9.17) is 4.74 Å². The van der Waals surface area contributed by atoms with Crippen molar-refractivity contribution >= 4 is 5.69 Å². The van der Waals surface area contributed by atoms with Gasteiger partial charge in [-0.05, 0) is 25.5 Å². The van der Waals surface area contributed by atoms with Crippen LogP contribution in [0.25, 0.3) is 0 Å². The normalized spacial score (nSPS) is 14.5. The molecule has 16 heavy (non-hydrogen) atoms. The van der Waals surface area contributed by atoms with E-state index in [2.05, 4.69) is 10.3 Å². The molecule has 0 saturated carbocycles. The van der Waals surface area contributed by atoms with E-state index in [9.17, 15) is 5.11 Å². The number of anilines is 1. The number of hydrogen-bond acceptors (Lipinski definition) is 4. The fourth-order valence-electron chi connectivity index (χ4n) is 1.37. The molecule has 4 nitrogen and oxygen atoms in total. The zero-order valence-corrected chi connectivity index (χ0v) is 10.2. The maximum Gasteiger partial charge on any atom is 0.0813 e. The number of aliphatic hydroxyl groups is 1. The van der Waals surface area contributed by atoms with E-state index in [1.165, 1.54) is 0 Å². The van der Waals surface area contributed by atoms with Gasteiger partial charge in [-0.1, -0.05) is 0 Å². The van der Waals surface area contributed by atoms with Crippen LogP contribution in [0, 0.1) is 6.92 Å². The van der Waals surface area contributed by atoms with Crippen LogP contribution >= 0.6 is 0 Å². The Morgan fingerprint density at radius 1 is 1.56 bits per heavy atom. The fraction of sp³-hybridized carbons (Fsp3) is 0.583. The quantitative estimate of drug-likeness (QED) is 0.770. The fourth-order valence-corrected chi connectivity index (χ4v) is 1.37. The molecule has 0 bridgehead atoms. The van der Waals surface area contributed by atoms with Crippen LogP contribution < -0.4 is 5.32 Å². The van der Waals surface area contributed by atoms with Crippen molar-refractivity contribution in [1.82, 2.24) is 4.98 Å². The van der Waals surface area contributed by atoms with Crippen LogP contribution in [-0.4, -0.2) is 36.0 Å². The number of aryl methyl sites for hydroxylation is 1. The van der Waals surface area contributed by atoms with Crippen LogP contribution in [0.2, 0.25) is 0 Å². The Labute approximate surface area is 96.7 Å². The highest BCUT2D eigenvalue weighted by molar-refractivity contribution is 5.48. The monoisotopic (exact) mass is 224 g/mol. The van der Waals surface area contributed by atoms with Gasteiger partial charge in [-0.15, -0.1) is 0 Å². The number of nitrogens with zero attached hydrogens (tertiary/aromatic N) is 1. The molecule has 0 aliphatic rings. The van der Waals surface area contributed by atoms with Gasteiger partial charge in [0.2, 0.25) is 0 Å². The summed E-state index contributed by atoms with van der Waals surface area (Å²) in [7, 11) is 1.64. The number of hydrogen-bond donors (Lipinski definition) is 2. The lowest BCUT2D eigenvalue weighted by molar-refractivity contribution is 0.0357. The summed E-state index contributed by atoms with van der Waals surface area (Å²) in [6.45, 7) is 4.85. The maximum absolute atomic E-state index is 10.0. The molecule has 1 atom stereocenters. The van der Waals surface area contributed by atoms with Crippen molar-refractivity contribution in [2.24, 2.45) is 0 Å². The van der Waals surface area contributed by atoms with Crippen molar-refractivity contribution in [2.45, 2.75) is 25.9 Å². The highest BCUT2D eigenvalue weighted by Gasteiger charge is 2.19. The van der Waals surface area contributed by atoms with Gasteiger partial charge in [0.25, 0.3) is 0 Å². The lowest BCUT2D eigenvalue weighted by Gasteiger charge is -2.24. The Kier molecular flexibility index (Phi) is 4.71. The first kappa shape index (κ1) is 12.9. The average molecular weight is 224 g/mol. The lowest BCUT2D eigenvalue weighted by atomic mass is 10.0. The van der Waals surface area contributed by atoms with Gasteiger partial charge in [-0.25, -0.2) is 0 Å². The van der Waals surface area contributed by atoms with Crippen molar-refractivity contribution in [2.75, 3.05) is 25.6 Å². The SMILES string of the molecule is COCCC(C)(O)CNc1ccncc1C. The summed E-state index contributed by atoms with van der Waals surface area (Å²) in [6, 6.07) is 1.90. The Bertz CT molecular complexity index is 327. The molecule has 1 heterocycles. The van der Waals surface area contributed by atoms with E-state index < -0.39 is 5.60 Å². The minimum atomic E-state index is -0.758. The second kappa shape index (κ2) is 5.82. The van der Waals surface area contributed by atoms with Crippen molar-refractivity contribution < 1.29 is 9.84 Å². The molecule has 90 valence electrons. The molecule has 1 aromatic heterocycles. The molecule has 1 aromatic rings. The Hall–Kier alpha value is -1.13. The van der Waals surface area contributed by atoms with Crippen LogP contribution in [-0.2, 0) is 4.74 Å². The van der Waals surface area contributed by atoms with Gasteiger partial charge < -0.3 is 15.2 Å². The summed E-state index contributed by atoms with van der Waals surface area (Å²) in [5, 5.41) is 13.3. The van der Waals surface area contributed by atoms with Gasteiger partial charge in [0, 0.05) is 44.8 Å². The number of pyridine rings is 1. The molecule has 0 saturated heterocycles. The summed E-state index contributed by atoms with van der Waals surface area (Å²) in [4.78, 5) is 4.02. The number of aromatic nitrogens is 1. The van der Waals surface area contributed by atoms with Gasteiger partial charge in [0.1, 0.15) is 0 Å². The summed E-state index contributed by atoms with van der Waals surface area (Å²) < 4.78 is 4.96. The molecule has 4 heteroatoms. The summed E-state index contributed by atoms with van der Waals surface area (Å²) in [6.07, 6.45) is 4.14. The van der Waals surface area contributed by atoms with Gasteiger partial charge >= 0.3 is 0 Å². The first-order valence-corrected chi connectivity index (χ1v) is 5.41. The zero-order valence-electron chi connectivity index (χ0n) is 10.2. The predicted molar refractivity (Wildman–Crippen MR) is 64.6 cm³/mol.